The van der Waals surface area contributed by atoms with Crippen LogP contribution in [0.25, 0.3) is 16.8 Å². The van der Waals surface area contributed by atoms with Crippen molar-refractivity contribution in [3.8, 4) is 17.0 Å². The topological polar surface area (TPSA) is 68.0 Å². The average Bonchev–Trinajstić information content (AvgIpc) is 3.27. The highest BCUT2D eigenvalue weighted by Crippen LogP contribution is 2.25. The number of piperidine rings is 1. The van der Waals surface area contributed by atoms with E-state index in [2.05, 4.69) is 30.3 Å². The van der Waals surface area contributed by atoms with Crippen LogP contribution in [0.5, 0.6) is 5.75 Å². The van der Waals surface area contributed by atoms with Gasteiger partial charge in [-0.25, -0.2) is 0 Å². The van der Waals surface area contributed by atoms with E-state index < -0.39 is 0 Å². The lowest BCUT2D eigenvalue weighted by atomic mass is 9.97. The number of amides is 1. The third kappa shape index (κ3) is 7.00. The summed E-state index contributed by atoms with van der Waals surface area (Å²) < 4.78 is 8.90. The minimum atomic E-state index is -0.182. The van der Waals surface area contributed by atoms with Crippen molar-refractivity contribution in [3.63, 3.8) is 0 Å². The van der Waals surface area contributed by atoms with Crippen LogP contribution >= 0.6 is 12.4 Å². The minimum absolute atomic E-state index is 0. The molecule has 1 aromatic carbocycles. The molecule has 1 aliphatic heterocycles. The molecular weight excluding hydrogens is 500 g/mol. The van der Waals surface area contributed by atoms with Crippen molar-refractivity contribution in [2.75, 3.05) is 13.7 Å². The lowest BCUT2D eigenvalue weighted by molar-refractivity contribution is -0.122. The maximum absolute atomic E-state index is 13.6. The molecule has 7 nitrogen and oxygen atoms in total. The van der Waals surface area contributed by atoms with Gasteiger partial charge in [0.05, 0.1) is 12.8 Å². The summed E-state index contributed by atoms with van der Waals surface area (Å²) in [6.45, 7) is 9.63. The van der Waals surface area contributed by atoms with Crippen molar-refractivity contribution in [2.24, 2.45) is 0 Å². The van der Waals surface area contributed by atoms with E-state index in [0.717, 1.165) is 36.9 Å². The number of hydrogen-bond donors (Lipinski definition) is 1. The summed E-state index contributed by atoms with van der Waals surface area (Å²) >= 11 is 0. The predicted molar refractivity (Wildman–Crippen MR) is 157 cm³/mol. The number of hydrogen-bond acceptors (Lipinski definition) is 4. The molecule has 1 N–H and O–H groups in total. The molecule has 3 heterocycles. The number of aryl methyl sites for hydroxylation is 1. The molecule has 0 radical (unpaired) electrons. The van der Waals surface area contributed by atoms with Crippen molar-refractivity contribution in [1.29, 1.82) is 0 Å². The van der Waals surface area contributed by atoms with E-state index in [1.54, 1.807) is 11.7 Å². The quantitative estimate of drug-likeness (QED) is 0.353. The molecule has 1 fully saturated rings. The number of nitrogens with one attached hydrogen (secondary N) is 1. The van der Waals surface area contributed by atoms with Gasteiger partial charge in [-0.1, -0.05) is 18.6 Å². The van der Waals surface area contributed by atoms with Gasteiger partial charge in [-0.2, -0.15) is 0 Å². The Morgan fingerprint density at radius 1 is 1.11 bits per heavy atom. The van der Waals surface area contributed by atoms with E-state index in [1.807, 2.05) is 54.8 Å². The van der Waals surface area contributed by atoms with Crippen LogP contribution < -0.4 is 15.6 Å². The number of aromatic nitrogens is 2. The van der Waals surface area contributed by atoms with E-state index >= 15 is 0 Å². The molecule has 0 aliphatic carbocycles. The first-order chi connectivity index (χ1) is 17.8. The highest BCUT2D eigenvalue weighted by Gasteiger charge is 2.23. The van der Waals surface area contributed by atoms with Gasteiger partial charge in [0, 0.05) is 36.1 Å². The van der Waals surface area contributed by atoms with Crippen LogP contribution in [0.15, 0.2) is 47.5 Å². The van der Waals surface area contributed by atoms with Gasteiger partial charge < -0.3 is 14.5 Å². The second-order valence-electron chi connectivity index (χ2n) is 10.8. The zero-order chi connectivity index (χ0) is 26.5. The number of carbonyl (C=O) groups is 1. The van der Waals surface area contributed by atoms with E-state index in [0.29, 0.717) is 29.0 Å². The number of rotatable bonds is 10. The standard InChI is InChI=1S/C30H42N4O3.ClH/c1-21(2)31-29(35)20-34-28(25-13-9-14-26(17-25)37-5)19-32-18-24(16-27(32)30(34)36)12-6-7-15-33-22(3)10-8-11-23(33)4;/h9,13-14,16-19,21-23H,6-8,10-12,15,20H2,1-5H3,(H,31,35);1H/t22-,23+;. The number of fused-ring (bicyclic) bond motifs is 1. The Morgan fingerprint density at radius 2 is 1.84 bits per heavy atom. The van der Waals surface area contributed by atoms with Gasteiger partial charge in [0.2, 0.25) is 5.91 Å². The number of ether oxygens (including phenoxy) is 1. The monoisotopic (exact) mass is 542 g/mol. The lowest BCUT2D eigenvalue weighted by Gasteiger charge is -2.39. The molecule has 1 saturated heterocycles. The van der Waals surface area contributed by atoms with Crippen LogP contribution in [0.4, 0.5) is 0 Å². The largest absolute Gasteiger partial charge is 0.497 e. The molecule has 38 heavy (non-hydrogen) atoms. The first-order valence-corrected chi connectivity index (χ1v) is 13.7. The van der Waals surface area contributed by atoms with Crippen molar-refractivity contribution in [2.45, 2.75) is 90.9 Å². The van der Waals surface area contributed by atoms with Gasteiger partial charge in [0.25, 0.3) is 5.56 Å². The van der Waals surface area contributed by atoms with Gasteiger partial charge in [-0.15, -0.1) is 12.4 Å². The molecule has 2 aromatic heterocycles. The smallest absolute Gasteiger partial charge is 0.275 e. The van der Waals surface area contributed by atoms with Gasteiger partial charge in [-0.05, 0) is 90.1 Å². The molecule has 4 rings (SSSR count). The molecule has 0 spiro atoms. The molecule has 8 heteroatoms. The Balaban J connectivity index is 0.00000400. The Bertz CT molecular complexity index is 1270. The number of methoxy groups -OCH3 is 1. The fourth-order valence-electron chi connectivity index (χ4n) is 5.62. The molecule has 208 valence electrons. The summed E-state index contributed by atoms with van der Waals surface area (Å²) in [6, 6.07) is 10.9. The maximum Gasteiger partial charge on any atom is 0.275 e. The van der Waals surface area contributed by atoms with Gasteiger partial charge >= 0.3 is 0 Å². The number of likely N-dealkylation sites (tertiary alicyclic amines) is 1. The van der Waals surface area contributed by atoms with Gasteiger partial charge in [0.1, 0.15) is 17.8 Å². The normalized spacial score (nSPS) is 17.9. The minimum Gasteiger partial charge on any atom is -0.497 e. The number of unbranched alkanes of at least 4 members (excludes halogenated alkanes) is 1. The maximum atomic E-state index is 13.6. The van der Waals surface area contributed by atoms with Gasteiger partial charge in [-0.3, -0.25) is 19.1 Å². The first kappa shape index (κ1) is 29.8. The van der Waals surface area contributed by atoms with E-state index in [1.165, 1.54) is 19.3 Å². The van der Waals surface area contributed by atoms with Crippen molar-refractivity contribution < 1.29 is 9.53 Å². The van der Waals surface area contributed by atoms with Crippen LogP contribution in [0.1, 0.15) is 65.4 Å². The fraction of sp³-hybridized carbons (Fsp3) is 0.533. The van der Waals surface area contributed by atoms with Crippen LogP contribution in [0.2, 0.25) is 0 Å². The second kappa shape index (κ2) is 13.3. The van der Waals surface area contributed by atoms with Crippen LogP contribution in [-0.2, 0) is 17.8 Å². The Morgan fingerprint density at radius 3 is 2.53 bits per heavy atom. The lowest BCUT2D eigenvalue weighted by Crippen LogP contribution is -2.44. The highest BCUT2D eigenvalue weighted by molar-refractivity contribution is 5.85. The molecule has 1 aliphatic rings. The average molecular weight is 543 g/mol. The zero-order valence-electron chi connectivity index (χ0n) is 23.4. The third-order valence-electron chi connectivity index (χ3n) is 7.55. The number of benzene rings is 1. The Hall–Kier alpha value is -2.77. The van der Waals surface area contributed by atoms with Crippen LogP contribution in [0.3, 0.4) is 0 Å². The molecule has 0 saturated carbocycles. The van der Waals surface area contributed by atoms with Crippen molar-refractivity contribution >= 4 is 23.8 Å². The Kier molecular flexibility index (Phi) is 10.5. The molecule has 3 aromatic rings. The molecule has 0 unspecified atom stereocenters. The summed E-state index contributed by atoms with van der Waals surface area (Å²) in [5.74, 6) is 0.521. The molecule has 2 atom stereocenters. The Labute approximate surface area is 232 Å². The summed E-state index contributed by atoms with van der Waals surface area (Å²) in [5.41, 5.74) is 3.10. The number of carbonyl (C=O) groups excluding carboxylic acids is 1. The molecule has 0 bridgehead atoms. The van der Waals surface area contributed by atoms with E-state index in [9.17, 15) is 9.59 Å². The third-order valence-corrected chi connectivity index (χ3v) is 7.55. The summed E-state index contributed by atoms with van der Waals surface area (Å²) in [6.07, 6.45) is 11.1. The fourth-order valence-corrected chi connectivity index (χ4v) is 5.62. The van der Waals surface area contributed by atoms with E-state index in [-0.39, 0.29) is 36.5 Å². The van der Waals surface area contributed by atoms with Crippen molar-refractivity contribution in [1.82, 2.24) is 19.2 Å². The van der Waals surface area contributed by atoms with Gasteiger partial charge in [0.15, 0.2) is 0 Å². The summed E-state index contributed by atoms with van der Waals surface area (Å²) in [7, 11) is 1.62. The van der Waals surface area contributed by atoms with Crippen LogP contribution in [-0.4, -0.2) is 51.6 Å². The predicted octanol–water partition coefficient (Wildman–Crippen LogP) is 5.31. The summed E-state index contributed by atoms with van der Waals surface area (Å²) in [4.78, 5) is 29.0. The second-order valence-corrected chi connectivity index (χ2v) is 10.8. The highest BCUT2D eigenvalue weighted by atomic mass is 35.5. The van der Waals surface area contributed by atoms with Crippen LogP contribution in [0, 0.1) is 0 Å². The number of halogens is 1. The molecule has 1 amide bonds. The number of nitrogens with zero attached hydrogens (tertiary/aromatic N) is 3. The first-order valence-electron chi connectivity index (χ1n) is 13.7. The van der Waals surface area contributed by atoms with E-state index in [4.69, 9.17) is 4.74 Å². The SMILES string of the molecule is COc1cccc(-c2cn3cc(CCCCN4[C@H](C)CCC[C@@H]4C)cc3c(=O)n2CC(=O)NC(C)C)c1.Cl. The molecular formula is C30H43ClN4O3. The zero-order valence-corrected chi connectivity index (χ0v) is 24.2. The summed E-state index contributed by atoms with van der Waals surface area (Å²) in [5, 5.41) is 2.91. The van der Waals surface area contributed by atoms with Crippen molar-refractivity contribution in [3.05, 3.63) is 58.6 Å².